The highest BCUT2D eigenvalue weighted by atomic mass is 32.2. The molecule has 200 valence electrons. The van der Waals surface area contributed by atoms with Gasteiger partial charge in [-0.2, -0.15) is 0 Å². The first-order valence-corrected chi connectivity index (χ1v) is 14.4. The van der Waals surface area contributed by atoms with Crippen LogP contribution in [0.25, 0.3) is 5.69 Å². The maximum Gasteiger partial charge on any atom is 0.339 e. The summed E-state index contributed by atoms with van der Waals surface area (Å²) in [6.07, 6.45) is 4.76. The molecule has 2 aromatic carbocycles. The fourth-order valence-electron chi connectivity index (χ4n) is 4.87. The number of rotatable bonds is 7. The fraction of sp³-hybridized carbons (Fsp3) is 0.179. The quantitative estimate of drug-likeness (QED) is 0.251. The minimum Gasteiger partial charge on any atom is -0.465 e. The molecule has 0 saturated carbocycles. The van der Waals surface area contributed by atoms with Gasteiger partial charge in [-0.1, -0.05) is 18.2 Å². The van der Waals surface area contributed by atoms with Crippen molar-refractivity contribution in [2.75, 3.05) is 23.0 Å². The number of aryl methyl sites for hydroxylation is 1. The molecule has 0 bridgehead atoms. The van der Waals surface area contributed by atoms with Crippen LogP contribution in [0.1, 0.15) is 39.4 Å². The summed E-state index contributed by atoms with van der Waals surface area (Å²) >= 11 is 5.85. The van der Waals surface area contributed by atoms with Crippen LogP contribution < -0.4 is 14.9 Å². The lowest BCUT2D eigenvalue weighted by Gasteiger charge is -2.29. The van der Waals surface area contributed by atoms with Gasteiger partial charge < -0.3 is 19.5 Å². The number of esters is 1. The maximum absolute atomic E-state index is 12.6. The molecule has 4 aromatic rings. The van der Waals surface area contributed by atoms with Gasteiger partial charge in [0.1, 0.15) is 6.04 Å². The number of sulfonamides is 1. The first kappa shape index (κ1) is 26.4. The van der Waals surface area contributed by atoms with Gasteiger partial charge in [-0.25, -0.2) is 13.2 Å². The van der Waals surface area contributed by atoms with Crippen molar-refractivity contribution in [2.24, 2.45) is 0 Å². The Labute approximate surface area is 232 Å². The SMILES string of the molecule is COC(=O)c1ccccc1-n1cccc1[C@H]1[C@H](c2ccccn2)NC(=S)N1c1ccc(NS(C)(=O)=O)c(C)c1. The normalized spacial score (nSPS) is 17.1. The average molecular weight is 562 g/mol. The number of hydrogen-bond donors (Lipinski definition) is 2. The lowest BCUT2D eigenvalue weighted by Crippen LogP contribution is -2.30. The van der Waals surface area contributed by atoms with Crippen LogP contribution in [0, 0.1) is 6.92 Å². The van der Waals surface area contributed by atoms with Crippen molar-refractivity contribution < 1.29 is 17.9 Å². The summed E-state index contributed by atoms with van der Waals surface area (Å²) in [5.74, 6) is -0.437. The molecule has 1 aliphatic heterocycles. The second kappa shape index (κ2) is 10.5. The van der Waals surface area contributed by atoms with Gasteiger partial charge in [-0.3, -0.25) is 9.71 Å². The number of carbonyl (C=O) groups excluding carboxylic acids is 1. The van der Waals surface area contributed by atoms with Crippen LogP contribution in [-0.2, 0) is 14.8 Å². The molecule has 2 aromatic heterocycles. The number of ether oxygens (including phenoxy) is 1. The molecule has 1 aliphatic rings. The Bertz CT molecular complexity index is 1650. The Morgan fingerprint density at radius 2 is 1.85 bits per heavy atom. The summed E-state index contributed by atoms with van der Waals surface area (Å²) in [4.78, 5) is 19.2. The number of carbonyl (C=O) groups is 1. The van der Waals surface area contributed by atoms with Gasteiger partial charge >= 0.3 is 5.97 Å². The highest BCUT2D eigenvalue weighted by Gasteiger charge is 2.42. The first-order chi connectivity index (χ1) is 18.7. The van der Waals surface area contributed by atoms with Crippen LogP contribution in [0.15, 0.2) is 85.2 Å². The highest BCUT2D eigenvalue weighted by Crippen LogP contribution is 2.43. The topological polar surface area (TPSA) is 106 Å². The van der Waals surface area contributed by atoms with E-state index in [9.17, 15) is 13.2 Å². The van der Waals surface area contributed by atoms with Crippen molar-refractivity contribution in [3.8, 4) is 5.69 Å². The molecule has 9 nitrogen and oxygen atoms in total. The number of anilines is 2. The number of nitrogens with one attached hydrogen (secondary N) is 2. The van der Waals surface area contributed by atoms with E-state index in [0.717, 1.165) is 28.9 Å². The van der Waals surface area contributed by atoms with E-state index >= 15 is 0 Å². The summed E-state index contributed by atoms with van der Waals surface area (Å²) in [5, 5.41) is 3.93. The molecule has 0 aliphatic carbocycles. The van der Waals surface area contributed by atoms with E-state index in [0.29, 0.717) is 22.1 Å². The van der Waals surface area contributed by atoms with Gasteiger partial charge in [0, 0.05) is 23.8 Å². The zero-order chi connectivity index (χ0) is 27.7. The number of pyridine rings is 1. The van der Waals surface area contributed by atoms with Crippen molar-refractivity contribution in [1.29, 1.82) is 0 Å². The van der Waals surface area contributed by atoms with E-state index in [4.69, 9.17) is 17.0 Å². The second-order valence-corrected chi connectivity index (χ2v) is 11.3. The number of nitrogens with zero attached hydrogens (tertiary/aromatic N) is 3. The van der Waals surface area contributed by atoms with Gasteiger partial charge in [0.05, 0.1) is 42.0 Å². The first-order valence-electron chi connectivity index (χ1n) is 12.1. The molecular weight excluding hydrogens is 534 g/mol. The molecule has 0 amide bonds. The smallest absolute Gasteiger partial charge is 0.339 e. The maximum atomic E-state index is 12.6. The Kier molecular flexibility index (Phi) is 7.11. The number of thiocarbonyl (C=S) groups is 1. The van der Waals surface area contributed by atoms with Crippen LogP contribution in [0.3, 0.4) is 0 Å². The number of benzene rings is 2. The predicted octanol–water partition coefficient (Wildman–Crippen LogP) is 4.52. The van der Waals surface area contributed by atoms with E-state index < -0.39 is 16.0 Å². The zero-order valence-corrected chi connectivity index (χ0v) is 23.2. The van der Waals surface area contributed by atoms with Gasteiger partial charge in [-0.15, -0.1) is 0 Å². The van der Waals surface area contributed by atoms with Crippen molar-refractivity contribution >= 4 is 44.7 Å². The number of aromatic nitrogens is 2. The largest absolute Gasteiger partial charge is 0.465 e. The Balaban J connectivity index is 1.66. The molecule has 5 rings (SSSR count). The number of hydrogen-bond acceptors (Lipinski definition) is 6. The Morgan fingerprint density at radius 1 is 1.08 bits per heavy atom. The van der Waals surface area contributed by atoms with E-state index in [1.807, 2.05) is 77.2 Å². The monoisotopic (exact) mass is 561 g/mol. The Morgan fingerprint density at radius 3 is 2.54 bits per heavy atom. The molecule has 3 heterocycles. The van der Waals surface area contributed by atoms with Crippen molar-refractivity contribution in [2.45, 2.75) is 19.0 Å². The summed E-state index contributed by atoms with van der Waals surface area (Å²) in [6, 6.07) is 21.7. The van der Waals surface area contributed by atoms with E-state index in [-0.39, 0.29) is 12.1 Å². The molecule has 39 heavy (non-hydrogen) atoms. The zero-order valence-electron chi connectivity index (χ0n) is 21.5. The standard InChI is InChI=1S/C28H27N5O4S2/c1-18-17-19(13-14-21(18)31-39(3,35)36)33-26(25(30-28(33)38)22-10-6-7-15-29-22)24-12-8-16-32(24)23-11-5-4-9-20(23)27(34)37-2/h4-17,25-26,31H,1-3H3,(H,30,38)/t25-,26-/m0/s1. The summed E-state index contributed by atoms with van der Waals surface area (Å²) < 4.78 is 33.2. The lowest BCUT2D eigenvalue weighted by atomic mass is 10.00. The van der Waals surface area contributed by atoms with Gasteiger partial charge in [-0.05, 0) is 79.3 Å². The molecule has 1 fully saturated rings. The van der Waals surface area contributed by atoms with Crippen molar-refractivity contribution in [3.63, 3.8) is 0 Å². The highest BCUT2D eigenvalue weighted by molar-refractivity contribution is 7.92. The molecule has 2 N–H and O–H groups in total. The average Bonchev–Trinajstić information content (AvgIpc) is 3.53. The second-order valence-electron chi connectivity index (χ2n) is 9.18. The summed E-state index contributed by atoms with van der Waals surface area (Å²) in [7, 11) is -2.07. The van der Waals surface area contributed by atoms with E-state index in [1.165, 1.54) is 7.11 Å². The van der Waals surface area contributed by atoms with Crippen LogP contribution in [0.4, 0.5) is 11.4 Å². The molecule has 2 atom stereocenters. The third-order valence-corrected chi connectivity index (χ3v) is 7.44. The molecule has 0 spiro atoms. The Hall–Kier alpha value is -4.22. The third kappa shape index (κ3) is 5.23. The van der Waals surface area contributed by atoms with Gasteiger partial charge in [0.2, 0.25) is 10.0 Å². The molecule has 1 saturated heterocycles. The summed E-state index contributed by atoms with van der Waals surface area (Å²) in [6.45, 7) is 1.84. The van der Waals surface area contributed by atoms with E-state index in [1.54, 1.807) is 24.4 Å². The molecule has 0 radical (unpaired) electrons. The van der Waals surface area contributed by atoms with E-state index in [2.05, 4.69) is 15.0 Å². The van der Waals surface area contributed by atoms with Gasteiger partial charge in [0.15, 0.2) is 5.11 Å². The van der Waals surface area contributed by atoms with Crippen molar-refractivity contribution in [3.05, 3.63) is 108 Å². The number of para-hydroxylation sites is 1. The molecular formula is C28H27N5O4S2. The minimum atomic E-state index is -3.43. The molecule has 0 unspecified atom stereocenters. The van der Waals surface area contributed by atoms with Crippen LogP contribution >= 0.6 is 12.2 Å². The number of methoxy groups -OCH3 is 1. The predicted molar refractivity (Wildman–Crippen MR) is 155 cm³/mol. The molecule has 11 heteroatoms. The van der Waals surface area contributed by atoms with Crippen LogP contribution in [-0.4, -0.2) is 42.4 Å². The van der Waals surface area contributed by atoms with Crippen LogP contribution in [0.2, 0.25) is 0 Å². The van der Waals surface area contributed by atoms with Crippen molar-refractivity contribution in [1.82, 2.24) is 14.9 Å². The fourth-order valence-corrected chi connectivity index (χ4v) is 5.84. The van der Waals surface area contributed by atoms with Crippen LogP contribution in [0.5, 0.6) is 0 Å². The minimum absolute atomic E-state index is 0.313. The lowest BCUT2D eigenvalue weighted by molar-refractivity contribution is 0.0600. The third-order valence-electron chi connectivity index (χ3n) is 6.53. The van der Waals surface area contributed by atoms with Gasteiger partial charge in [0.25, 0.3) is 0 Å². The summed E-state index contributed by atoms with van der Waals surface area (Å²) in [5.41, 5.74) is 4.78.